The lowest BCUT2D eigenvalue weighted by Gasteiger charge is -2.26. The Bertz CT molecular complexity index is 1400. The number of aliphatic hydroxyl groups excluding tert-OH is 1. The van der Waals surface area contributed by atoms with Crippen molar-refractivity contribution < 1.29 is 24.2 Å². The zero-order chi connectivity index (χ0) is 26.9. The molecule has 1 unspecified atom stereocenters. The van der Waals surface area contributed by atoms with Crippen molar-refractivity contribution in [1.82, 2.24) is 4.98 Å². The van der Waals surface area contributed by atoms with Crippen molar-refractivity contribution in [2.45, 2.75) is 39.7 Å². The van der Waals surface area contributed by atoms with Gasteiger partial charge in [-0.3, -0.25) is 24.3 Å². The molecule has 8 nitrogen and oxygen atoms in total. The number of nitrogens with one attached hydrogen (secondary N) is 1. The molecule has 8 heteroatoms. The van der Waals surface area contributed by atoms with Gasteiger partial charge in [0.2, 0.25) is 5.91 Å². The van der Waals surface area contributed by atoms with Crippen LogP contribution in [0.2, 0.25) is 0 Å². The number of nitrogens with zero attached hydrogens (tertiary/aromatic N) is 2. The first-order valence-corrected chi connectivity index (χ1v) is 11.9. The van der Waals surface area contributed by atoms with E-state index in [-0.39, 0.29) is 23.2 Å². The van der Waals surface area contributed by atoms with Crippen molar-refractivity contribution in [1.29, 1.82) is 0 Å². The summed E-state index contributed by atoms with van der Waals surface area (Å²) < 4.78 is 5.52. The molecular formula is C29H29N3O5. The van der Waals surface area contributed by atoms with Crippen LogP contribution in [0.3, 0.4) is 0 Å². The fourth-order valence-electron chi connectivity index (χ4n) is 4.59. The third-order valence-electron chi connectivity index (χ3n) is 6.39. The van der Waals surface area contributed by atoms with Gasteiger partial charge in [-0.25, -0.2) is 0 Å². The van der Waals surface area contributed by atoms with Gasteiger partial charge in [0.15, 0.2) is 0 Å². The Morgan fingerprint density at radius 2 is 1.73 bits per heavy atom. The highest BCUT2D eigenvalue weighted by molar-refractivity contribution is 6.51. The number of benzene rings is 2. The molecule has 1 fully saturated rings. The number of anilines is 2. The number of carbonyl (C=O) groups excluding carboxylic acids is 3. The second kappa shape index (κ2) is 10.3. The van der Waals surface area contributed by atoms with E-state index in [2.05, 4.69) is 10.3 Å². The summed E-state index contributed by atoms with van der Waals surface area (Å²) in [7, 11) is 1.59. The Kier molecular flexibility index (Phi) is 7.11. The number of methoxy groups -OCH3 is 1. The van der Waals surface area contributed by atoms with Gasteiger partial charge in [-0.2, -0.15) is 0 Å². The molecule has 4 rings (SSSR count). The van der Waals surface area contributed by atoms with Crippen LogP contribution < -0.4 is 15.0 Å². The first-order valence-electron chi connectivity index (χ1n) is 11.9. The van der Waals surface area contributed by atoms with E-state index in [9.17, 15) is 19.5 Å². The van der Waals surface area contributed by atoms with E-state index in [1.165, 1.54) is 11.8 Å². The molecule has 190 valence electrons. The Balaban J connectivity index is 1.91. The molecule has 1 aromatic heterocycles. The Labute approximate surface area is 215 Å². The molecule has 1 atom stereocenters. The summed E-state index contributed by atoms with van der Waals surface area (Å²) >= 11 is 0. The monoisotopic (exact) mass is 499 g/mol. The number of ketones is 1. The van der Waals surface area contributed by atoms with Crippen molar-refractivity contribution in [2.24, 2.45) is 0 Å². The van der Waals surface area contributed by atoms with Crippen LogP contribution in [-0.2, 0) is 14.4 Å². The van der Waals surface area contributed by atoms with Gasteiger partial charge < -0.3 is 15.2 Å². The van der Waals surface area contributed by atoms with E-state index in [1.54, 1.807) is 55.9 Å². The maximum atomic E-state index is 13.4. The normalized spacial score (nSPS) is 16.8. The lowest BCUT2D eigenvalue weighted by Crippen LogP contribution is -2.29. The number of ether oxygens (including phenoxy) is 1. The first kappa shape index (κ1) is 25.6. The average Bonchev–Trinajstić information content (AvgIpc) is 3.14. The van der Waals surface area contributed by atoms with Crippen molar-refractivity contribution >= 4 is 34.7 Å². The van der Waals surface area contributed by atoms with Crippen molar-refractivity contribution in [3.05, 3.63) is 88.8 Å². The minimum atomic E-state index is -0.876. The number of aromatic nitrogens is 1. The average molecular weight is 500 g/mol. The third-order valence-corrected chi connectivity index (χ3v) is 6.39. The highest BCUT2D eigenvalue weighted by Gasteiger charge is 2.47. The number of aryl methyl sites for hydroxylation is 1. The fraction of sp³-hybridized carbons (Fsp3) is 0.241. The van der Waals surface area contributed by atoms with Gasteiger partial charge in [0.25, 0.3) is 11.7 Å². The molecule has 2 aromatic carbocycles. The predicted octanol–water partition coefficient (Wildman–Crippen LogP) is 5.11. The molecule has 0 bridgehead atoms. The fourth-order valence-corrected chi connectivity index (χ4v) is 4.59. The zero-order valence-corrected chi connectivity index (χ0v) is 21.4. The largest absolute Gasteiger partial charge is 0.507 e. The first-order chi connectivity index (χ1) is 17.6. The summed E-state index contributed by atoms with van der Waals surface area (Å²) in [6.45, 7) is 7.25. The quantitative estimate of drug-likeness (QED) is 0.277. The Morgan fingerprint density at radius 3 is 2.30 bits per heavy atom. The van der Waals surface area contributed by atoms with E-state index in [1.807, 2.05) is 32.9 Å². The Hall–Kier alpha value is -4.46. The van der Waals surface area contributed by atoms with Crippen LogP contribution in [-0.4, -0.2) is 34.8 Å². The van der Waals surface area contributed by atoms with Crippen LogP contribution in [0.1, 0.15) is 55.0 Å². The highest BCUT2D eigenvalue weighted by atomic mass is 16.5. The van der Waals surface area contributed by atoms with E-state index < -0.39 is 17.7 Å². The smallest absolute Gasteiger partial charge is 0.300 e. The number of aliphatic hydroxyl groups is 1. The Morgan fingerprint density at radius 1 is 1.08 bits per heavy atom. The van der Waals surface area contributed by atoms with E-state index in [4.69, 9.17) is 4.74 Å². The number of rotatable bonds is 6. The minimum Gasteiger partial charge on any atom is -0.507 e. The lowest BCUT2D eigenvalue weighted by atomic mass is 9.91. The van der Waals surface area contributed by atoms with Crippen molar-refractivity contribution in [3.63, 3.8) is 0 Å². The lowest BCUT2D eigenvalue weighted by molar-refractivity contribution is -0.132. The number of carbonyl (C=O) groups is 3. The molecule has 0 aliphatic carbocycles. The molecule has 1 aliphatic heterocycles. The van der Waals surface area contributed by atoms with Gasteiger partial charge in [0, 0.05) is 36.3 Å². The molecule has 1 aliphatic rings. The standard InChI is InChI=1S/C29H29N3O5/c1-16(2)22-15-23(17(3)14-24(22)37-5)27(34)25-26(19-10-12-30-13-11-19)32(29(36)28(25)35)21-8-6-20(7-9-21)31-18(4)33/h6-16,26,34H,1-5H3,(H,31,33)/b27-25+. The molecule has 2 N–H and O–H groups in total. The molecule has 0 spiro atoms. The molecule has 1 saturated heterocycles. The van der Waals surface area contributed by atoms with E-state index >= 15 is 0 Å². The van der Waals surface area contributed by atoms with Crippen LogP contribution in [0.4, 0.5) is 11.4 Å². The number of pyridine rings is 1. The third kappa shape index (κ3) is 4.82. The van der Waals surface area contributed by atoms with E-state index in [0.29, 0.717) is 33.8 Å². The second-order valence-electron chi connectivity index (χ2n) is 9.24. The molecule has 0 saturated carbocycles. The maximum absolute atomic E-state index is 13.4. The van der Waals surface area contributed by atoms with Crippen LogP contribution in [0, 0.1) is 6.92 Å². The SMILES string of the molecule is COc1cc(C)c(/C(O)=C2\C(=O)C(=O)N(c3ccc(NC(C)=O)cc3)C2c2ccncc2)cc1C(C)C. The number of hydrogen-bond donors (Lipinski definition) is 2. The number of Topliss-reactive ketones (excluding diaryl/α,β-unsaturated/α-hetero) is 1. The number of hydrogen-bond acceptors (Lipinski definition) is 6. The summed E-state index contributed by atoms with van der Waals surface area (Å²) in [6.07, 6.45) is 3.15. The van der Waals surface area contributed by atoms with Gasteiger partial charge >= 0.3 is 0 Å². The summed E-state index contributed by atoms with van der Waals surface area (Å²) in [5, 5.41) is 14.3. The van der Waals surface area contributed by atoms with Gasteiger partial charge in [-0.05, 0) is 78.1 Å². The molecular weight excluding hydrogens is 470 g/mol. The van der Waals surface area contributed by atoms with Crippen LogP contribution >= 0.6 is 0 Å². The van der Waals surface area contributed by atoms with Gasteiger partial charge in [-0.1, -0.05) is 13.8 Å². The maximum Gasteiger partial charge on any atom is 0.300 e. The van der Waals surface area contributed by atoms with E-state index in [0.717, 1.165) is 5.56 Å². The zero-order valence-electron chi connectivity index (χ0n) is 21.4. The summed E-state index contributed by atoms with van der Waals surface area (Å²) in [6, 6.07) is 12.8. The highest BCUT2D eigenvalue weighted by Crippen LogP contribution is 2.43. The van der Waals surface area contributed by atoms with Gasteiger partial charge in [-0.15, -0.1) is 0 Å². The topological polar surface area (TPSA) is 109 Å². The van der Waals surface area contributed by atoms with Crippen molar-refractivity contribution in [2.75, 3.05) is 17.3 Å². The van der Waals surface area contributed by atoms with Crippen LogP contribution in [0.5, 0.6) is 5.75 Å². The van der Waals surface area contributed by atoms with Crippen LogP contribution in [0.25, 0.3) is 5.76 Å². The molecule has 0 radical (unpaired) electrons. The minimum absolute atomic E-state index is 0.00916. The summed E-state index contributed by atoms with van der Waals surface area (Å²) in [5.41, 5.74) is 3.66. The van der Waals surface area contributed by atoms with Gasteiger partial charge in [0.1, 0.15) is 11.5 Å². The summed E-state index contributed by atoms with van der Waals surface area (Å²) in [4.78, 5) is 43.7. The predicted molar refractivity (Wildman–Crippen MR) is 142 cm³/mol. The molecule has 2 amide bonds. The second-order valence-corrected chi connectivity index (χ2v) is 9.24. The summed E-state index contributed by atoms with van der Waals surface area (Å²) in [5.74, 6) is -1.23. The van der Waals surface area contributed by atoms with Crippen LogP contribution in [0.15, 0.2) is 66.5 Å². The van der Waals surface area contributed by atoms with Gasteiger partial charge in [0.05, 0.1) is 18.7 Å². The molecule has 2 heterocycles. The molecule has 3 aromatic rings. The molecule has 37 heavy (non-hydrogen) atoms. The number of amides is 2. The van der Waals surface area contributed by atoms with Crippen molar-refractivity contribution in [3.8, 4) is 5.75 Å².